The Morgan fingerprint density at radius 1 is 1.23 bits per heavy atom. The minimum absolute atomic E-state index is 0.0908. The van der Waals surface area contributed by atoms with Crippen LogP contribution in [0.15, 0.2) is 24.3 Å². The average molecular weight is 358 g/mol. The van der Waals surface area contributed by atoms with Crippen LogP contribution < -0.4 is 10.6 Å². The highest BCUT2D eigenvalue weighted by atomic mass is 16.2. The van der Waals surface area contributed by atoms with Crippen molar-refractivity contribution in [3.05, 3.63) is 29.8 Å². The van der Waals surface area contributed by atoms with E-state index in [4.69, 9.17) is 0 Å². The van der Waals surface area contributed by atoms with Gasteiger partial charge in [-0.05, 0) is 63.4 Å². The van der Waals surface area contributed by atoms with Crippen LogP contribution in [0.3, 0.4) is 0 Å². The summed E-state index contributed by atoms with van der Waals surface area (Å²) < 4.78 is 0. The molecule has 2 fully saturated rings. The van der Waals surface area contributed by atoms with E-state index in [1.54, 1.807) is 4.90 Å². The summed E-state index contributed by atoms with van der Waals surface area (Å²) in [5, 5.41) is 6.30. The smallest absolute Gasteiger partial charge is 0.321 e. The zero-order valence-corrected chi connectivity index (χ0v) is 15.8. The van der Waals surface area contributed by atoms with E-state index in [0.29, 0.717) is 19.1 Å². The third-order valence-corrected chi connectivity index (χ3v) is 5.53. The SMILES string of the molecule is Cc1cccc(NC(=O)N2CCCC(C(=O)N(C)C3CCNCC3)C2)c1. The number of carbonyl (C=O) groups is 2. The number of aryl methyl sites for hydroxylation is 1. The lowest BCUT2D eigenvalue weighted by Gasteiger charge is -2.37. The number of rotatable bonds is 3. The molecule has 0 aromatic heterocycles. The largest absolute Gasteiger partial charge is 0.342 e. The quantitative estimate of drug-likeness (QED) is 0.872. The first kappa shape index (κ1) is 18.7. The van der Waals surface area contributed by atoms with Gasteiger partial charge in [-0.3, -0.25) is 4.79 Å². The number of nitrogens with zero attached hydrogens (tertiary/aromatic N) is 2. The van der Waals surface area contributed by atoms with Gasteiger partial charge >= 0.3 is 6.03 Å². The monoisotopic (exact) mass is 358 g/mol. The molecule has 0 aliphatic carbocycles. The van der Waals surface area contributed by atoms with Crippen LogP contribution in [0.25, 0.3) is 0 Å². The van der Waals surface area contributed by atoms with Gasteiger partial charge in [0, 0.05) is 31.9 Å². The number of hydrogen-bond donors (Lipinski definition) is 2. The molecule has 1 atom stereocenters. The molecule has 1 aromatic carbocycles. The first-order valence-corrected chi connectivity index (χ1v) is 9.64. The van der Waals surface area contributed by atoms with Crippen LogP contribution in [-0.4, -0.2) is 61.0 Å². The second-order valence-electron chi connectivity index (χ2n) is 7.52. The van der Waals surface area contributed by atoms with Crippen molar-refractivity contribution in [1.82, 2.24) is 15.1 Å². The van der Waals surface area contributed by atoms with Crippen LogP contribution in [0, 0.1) is 12.8 Å². The molecule has 26 heavy (non-hydrogen) atoms. The van der Waals surface area contributed by atoms with Crippen LogP contribution in [0.5, 0.6) is 0 Å². The summed E-state index contributed by atoms with van der Waals surface area (Å²) in [6, 6.07) is 7.99. The first-order chi connectivity index (χ1) is 12.5. The van der Waals surface area contributed by atoms with Crippen LogP contribution in [0.1, 0.15) is 31.2 Å². The van der Waals surface area contributed by atoms with Crippen molar-refractivity contribution >= 4 is 17.6 Å². The lowest BCUT2D eigenvalue weighted by atomic mass is 9.95. The number of carbonyl (C=O) groups excluding carboxylic acids is 2. The highest BCUT2D eigenvalue weighted by Crippen LogP contribution is 2.22. The van der Waals surface area contributed by atoms with Crippen molar-refractivity contribution < 1.29 is 9.59 Å². The van der Waals surface area contributed by atoms with Gasteiger partial charge in [-0.25, -0.2) is 4.79 Å². The minimum Gasteiger partial charge on any atom is -0.342 e. The Balaban J connectivity index is 1.57. The number of amides is 3. The fraction of sp³-hybridized carbons (Fsp3) is 0.600. The standard InChI is InChI=1S/C20H30N4O2/c1-15-5-3-7-17(13-15)22-20(26)24-12-4-6-16(14-24)19(25)23(2)18-8-10-21-11-9-18/h3,5,7,13,16,18,21H,4,6,8-12,14H2,1-2H3,(H,22,26). The van der Waals surface area contributed by atoms with Gasteiger partial charge in [0.1, 0.15) is 0 Å². The maximum Gasteiger partial charge on any atom is 0.321 e. The zero-order valence-electron chi connectivity index (χ0n) is 15.8. The van der Waals surface area contributed by atoms with E-state index >= 15 is 0 Å². The maximum absolute atomic E-state index is 12.9. The molecule has 2 heterocycles. The van der Waals surface area contributed by atoms with Crippen LogP contribution in [0.2, 0.25) is 0 Å². The van der Waals surface area contributed by atoms with E-state index < -0.39 is 0 Å². The zero-order chi connectivity index (χ0) is 18.5. The Morgan fingerprint density at radius 3 is 2.73 bits per heavy atom. The van der Waals surface area contributed by atoms with Gasteiger partial charge in [0.2, 0.25) is 5.91 Å². The molecule has 2 saturated heterocycles. The van der Waals surface area contributed by atoms with Crippen molar-refractivity contribution in [2.24, 2.45) is 5.92 Å². The van der Waals surface area contributed by atoms with Crippen molar-refractivity contribution in [2.45, 2.75) is 38.6 Å². The number of urea groups is 1. The highest BCUT2D eigenvalue weighted by molar-refractivity contribution is 5.90. The van der Waals surface area contributed by atoms with Gasteiger partial charge in [-0.1, -0.05) is 12.1 Å². The van der Waals surface area contributed by atoms with Crippen molar-refractivity contribution in [3.8, 4) is 0 Å². The van der Waals surface area contributed by atoms with Gasteiger partial charge in [-0.15, -0.1) is 0 Å². The first-order valence-electron chi connectivity index (χ1n) is 9.64. The Morgan fingerprint density at radius 2 is 2.00 bits per heavy atom. The topological polar surface area (TPSA) is 64.7 Å². The predicted molar refractivity (Wildman–Crippen MR) is 103 cm³/mol. The minimum atomic E-state index is -0.113. The number of benzene rings is 1. The molecule has 6 heteroatoms. The predicted octanol–water partition coefficient (Wildman–Crippen LogP) is 2.45. The van der Waals surface area contributed by atoms with Crippen molar-refractivity contribution in [3.63, 3.8) is 0 Å². The molecule has 3 amide bonds. The van der Waals surface area contributed by atoms with E-state index in [9.17, 15) is 9.59 Å². The fourth-order valence-corrected chi connectivity index (χ4v) is 3.95. The molecule has 0 radical (unpaired) electrons. The molecule has 0 spiro atoms. The third-order valence-electron chi connectivity index (χ3n) is 5.53. The second kappa shape index (κ2) is 8.54. The number of hydrogen-bond acceptors (Lipinski definition) is 3. The lowest BCUT2D eigenvalue weighted by molar-refractivity contribution is -0.138. The van der Waals surface area contributed by atoms with E-state index in [1.807, 2.05) is 43.1 Å². The third kappa shape index (κ3) is 4.55. The Bertz CT molecular complexity index is 642. The van der Waals surface area contributed by atoms with Crippen LogP contribution in [0.4, 0.5) is 10.5 Å². The summed E-state index contributed by atoms with van der Waals surface area (Å²) in [6.45, 7) is 5.15. The fourth-order valence-electron chi connectivity index (χ4n) is 3.95. The molecule has 2 N–H and O–H groups in total. The molecular formula is C20H30N4O2. The van der Waals surface area contributed by atoms with Gasteiger partial charge in [0.25, 0.3) is 0 Å². The summed E-state index contributed by atoms with van der Waals surface area (Å²) in [6.07, 6.45) is 3.75. The molecule has 6 nitrogen and oxygen atoms in total. The van der Waals surface area contributed by atoms with E-state index in [1.165, 1.54) is 0 Å². The van der Waals surface area contributed by atoms with Gasteiger partial charge in [-0.2, -0.15) is 0 Å². The van der Waals surface area contributed by atoms with Crippen LogP contribution in [-0.2, 0) is 4.79 Å². The van der Waals surface area contributed by atoms with Crippen molar-refractivity contribution in [1.29, 1.82) is 0 Å². The molecule has 142 valence electrons. The molecule has 2 aliphatic heterocycles. The second-order valence-corrected chi connectivity index (χ2v) is 7.52. The summed E-state index contributed by atoms with van der Waals surface area (Å²) in [5.74, 6) is 0.0943. The normalized spacial score (nSPS) is 21.3. The summed E-state index contributed by atoms with van der Waals surface area (Å²) in [5.41, 5.74) is 1.91. The Hall–Kier alpha value is -2.08. The number of anilines is 1. The number of nitrogens with one attached hydrogen (secondary N) is 2. The number of piperidine rings is 2. The molecule has 0 bridgehead atoms. The van der Waals surface area contributed by atoms with Crippen LogP contribution >= 0.6 is 0 Å². The summed E-state index contributed by atoms with van der Waals surface area (Å²) in [4.78, 5) is 29.2. The maximum atomic E-state index is 12.9. The Labute approximate surface area is 155 Å². The molecule has 0 saturated carbocycles. The Kier molecular flexibility index (Phi) is 6.14. The average Bonchev–Trinajstić information content (AvgIpc) is 2.67. The molecular weight excluding hydrogens is 328 g/mol. The molecule has 3 rings (SSSR count). The molecule has 1 unspecified atom stereocenters. The summed E-state index contributed by atoms with van der Waals surface area (Å²) >= 11 is 0. The molecule has 2 aliphatic rings. The van der Waals surface area contributed by atoms with E-state index in [-0.39, 0.29) is 17.9 Å². The molecule has 1 aromatic rings. The lowest BCUT2D eigenvalue weighted by Crippen LogP contribution is -2.50. The van der Waals surface area contributed by atoms with Gasteiger partial charge < -0.3 is 20.4 Å². The van der Waals surface area contributed by atoms with E-state index in [2.05, 4.69) is 10.6 Å². The highest BCUT2D eigenvalue weighted by Gasteiger charge is 2.32. The summed E-state index contributed by atoms with van der Waals surface area (Å²) in [7, 11) is 1.92. The van der Waals surface area contributed by atoms with Crippen molar-refractivity contribution in [2.75, 3.05) is 38.5 Å². The van der Waals surface area contributed by atoms with E-state index in [0.717, 1.165) is 50.0 Å². The number of likely N-dealkylation sites (tertiary alicyclic amines) is 1. The van der Waals surface area contributed by atoms with Gasteiger partial charge in [0.15, 0.2) is 0 Å². The van der Waals surface area contributed by atoms with Gasteiger partial charge in [0.05, 0.1) is 5.92 Å².